The summed E-state index contributed by atoms with van der Waals surface area (Å²) in [6.07, 6.45) is -0.384. The molecule has 0 radical (unpaired) electrons. The van der Waals surface area contributed by atoms with E-state index in [4.69, 9.17) is 22.1 Å². The molecule has 0 aliphatic carbocycles. The van der Waals surface area contributed by atoms with Gasteiger partial charge >= 0.3 is 0 Å². The fourth-order valence-electron chi connectivity index (χ4n) is 1.54. The van der Waals surface area contributed by atoms with E-state index < -0.39 is 0 Å². The molecular formula is C12H10ClFIN3O. The summed E-state index contributed by atoms with van der Waals surface area (Å²) in [5, 5.41) is 7.45. The van der Waals surface area contributed by atoms with E-state index in [-0.39, 0.29) is 22.9 Å². The Hall–Kier alpha value is -1.15. The van der Waals surface area contributed by atoms with Gasteiger partial charge in [-0.05, 0) is 47.7 Å². The third kappa shape index (κ3) is 3.44. The van der Waals surface area contributed by atoms with Crippen LogP contribution in [0.2, 0.25) is 5.15 Å². The van der Waals surface area contributed by atoms with Gasteiger partial charge < -0.3 is 10.5 Å². The minimum Gasteiger partial charge on any atom is -0.482 e. The van der Waals surface area contributed by atoms with Gasteiger partial charge in [0, 0.05) is 15.2 Å². The van der Waals surface area contributed by atoms with E-state index in [1.807, 2.05) is 0 Å². The molecule has 0 amide bonds. The lowest BCUT2D eigenvalue weighted by atomic mass is 10.1. The number of anilines is 1. The minimum absolute atomic E-state index is 0.141. The van der Waals surface area contributed by atoms with Gasteiger partial charge in [-0.2, -0.15) is 0 Å². The second-order valence-electron chi connectivity index (χ2n) is 3.84. The number of ether oxygens (including phenoxy) is 1. The van der Waals surface area contributed by atoms with Crippen molar-refractivity contribution in [3.8, 4) is 5.75 Å². The first-order chi connectivity index (χ1) is 8.97. The van der Waals surface area contributed by atoms with Gasteiger partial charge in [0.1, 0.15) is 11.9 Å². The fraction of sp³-hybridized carbons (Fsp3) is 0.167. The molecule has 100 valence electrons. The van der Waals surface area contributed by atoms with Crippen molar-refractivity contribution in [3.63, 3.8) is 0 Å². The number of aromatic nitrogens is 2. The molecule has 1 aromatic carbocycles. The van der Waals surface area contributed by atoms with E-state index >= 15 is 0 Å². The van der Waals surface area contributed by atoms with E-state index in [9.17, 15) is 4.39 Å². The molecule has 2 aromatic rings. The van der Waals surface area contributed by atoms with Gasteiger partial charge in [0.05, 0.1) is 0 Å². The van der Waals surface area contributed by atoms with Gasteiger partial charge in [-0.1, -0.05) is 11.6 Å². The van der Waals surface area contributed by atoms with E-state index in [2.05, 4.69) is 32.8 Å². The van der Waals surface area contributed by atoms with Crippen LogP contribution in [-0.2, 0) is 0 Å². The summed E-state index contributed by atoms with van der Waals surface area (Å²) < 4.78 is 19.8. The molecule has 0 bridgehead atoms. The third-order valence-electron chi connectivity index (χ3n) is 2.46. The van der Waals surface area contributed by atoms with Crippen molar-refractivity contribution in [2.75, 3.05) is 5.73 Å². The standard InChI is InChI=1S/C12H10ClFIN3O/c1-6(8-4-7(14)2-3-9(8)15)19-10-5-11(13)17-18-12(10)16/h2-6H,1H3,(H2,16,18)/t6-/m1/s1. The molecule has 0 aliphatic rings. The number of nitrogen functional groups attached to an aromatic ring is 1. The molecule has 1 aromatic heterocycles. The van der Waals surface area contributed by atoms with Crippen molar-refractivity contribution >= 4 is 40.0 Å². The summed E-state index contributed by atoms with van der Waals surface area (Å²) in [5.41, 5.74) is 6.38. The molecule has 2 rings (SSSR count). The van der Waals surface area contributed by atoms with Gasteiger partial charge in [-0.3, -0.25) is 0 Å². The molecule has 1 heterocycles. The topological polar surface area (TPSA) is 61.0 Å². The van der Waals surface area contributed by atoms with Crippen molar-refractivity contribution in [1.82, 2.24) is 10.2 Å². The van der Waals surface area contributed by atoms with Crippen LogP contribution in [-0.4, -0.2) is 10.2 Å². The molecular weight excluding hydrogens is 384 g/mol. The molecule has 0 fully saturated rings. The Morgan fingerprint density at radius 3 is 2.84 bits per heavy atom. The van der Waals surface area contributed by atoms with Crippen LogP contribution < -0.4 is 10.5 Å². The van der Waals surface area contributed by atoms with Crippen LogP contribution in [0.3, 0.4) is 0 Å². The zero-order chi connectivity index (χ0) is 14.0. The second kappa shape index (κ2) is 5.87. The van der Waals surface area contributed by atoms with Crippen LogP contribution in [0.25, 0.3) is 0 Å². The summed E-state index contributed by atoms with van der Waals surface area (Å²) >= 11 is 7.85. The van der Waals surface area contributed by atoms with Crippen LogP contribution in [0.5, 0.6) is 5.75 Å². The molecule has 0 aliphatic heterocycles. The Morgan fingerprint density at radius 1 is 1.37 bits per heavy atom. The van der Waals surface area contributed by atoms with E-state index in [0.717, 1.165) is 9.13 Å². The number of hydrogen-bond donors (Lipinski definition) is 1. The quantitative estimate of drug-likeness (QED) is 0.810. The number of nitrogens with zero attached hydrogens (tertiary/aromatic N) is 2. The number of halogens is 3. The van der Waals surface area contributed by atoms with Gasteiger partial charge in [0.2, 0.25) is 0 Å². The zero-order valence-electron chi connectivity index (χ0n) is 9.90. The highest BCUT2D eigenvalue weighted by Crippen LogP contribution is 2.29. The molecule has 0 saturated heterocycles. The van der Waals surface area contributed by atoms with E-state index in [1.54, 1.807) is 13.0 Å². The number of nitrogens with two attached hydrogens (primary N) is 1. The molecule has 2 N–H and O–H groups in total. The lowest BCUT2D eigenvalue weighted by Crippen LogP contribution is -2.08. The predicted molar refractivity (Wildman–Crippen MR) is 79.6 cm³/mol. The van der Waals surface area contributed by atoms with Crippen molar-refractivity contribution in [1.29, 1.82) is 0 Å². The molecule has 4 nitrogen and oxygen atoms in total. The Kier molecular flexibility index (Phi) is 4.41. The van der Waals surface area contributed by atoms with E-state index in [0.29, 0.717) is 5.75 Å². The first-order valence-corrected chi connectivity index (χ1v) is 6.83. The van der Waals surface area contributed by atoms with Crippen LogP contribution in [0.4, 0.5) is 10.2 Å². The Bertz CT molecular complexity index is 612. The van der Waals surface area contributed by atoms with Crippen LogP contribution in [0, 0.1) is 9.39 Å². The average Bonchev–Trinajstić information content (AvgIpc) is 2.36. The monoisotopic (exact) mass is 393 g/mol. The average molecular weight is 394 g/mol. The molecule has 7 heteroatoms. The number of hydrogen-bond acceptors (Lipinski definition) is 4. The van der Waals surface area contributed by atoms with E-state index in [1.165, 1.54) is 18.2 Å². The minimum atomic E-state index is -0.384. The second-order valence-corrected chi connectivity index (χ2v) is 5.39. The SMILES string of the molecule is C[C@@H](Oc1cc(Cl)nnc1N)c1cc(F)ccc1I. The molecule has 0 saturated carbocycles. The number of benzene rings is 1. The van der Waals surface area contributed by atoms with Gasteiger partial charge in [0.15, 0.2) is 16.7 Å². The molecule has 0 spiro atoms. The number of rotatable bonds is 3. The lowest BCUT2D eigenvalue weighted by Gasteiger charge is -2.17. The summed E-state index contributed by atoms with van der Waals surface area (Å²) in [4.78, 5) is 0. The summed E-state index contributed by atoms with van der Waals surface area (Å²) in [7, 11) is 0. The van der Waals surface area contributed by atoms with Gasteiger partial charge in [-0.25, -0.2) is 4.39 Å². The fourth-order valence-corrected chi connectivity index (χ4v) is 2.45. The Labute approximate surface area is 128 Å². The van der Waals surface area contributed by atoms with Crippen molar-refractivity contribution in [2.45, 2.75) is 13.0 Å². The van der Waals surface area contributed by atoms with Crippen LogP contribution in [0.1, 0.15) is 18.6 Å². The molecule has 0 unspecified atom stereocenters. The first kappa shape index (κ1) is 14.3. The lowest BCUT2D eigenvalue weighted by molar-refractivity contribution is 0.226. The molecule has 1 atom stereocenters. The third-order valence-corrected chi connectivity index (χ3v) is 3.62. The highest BCUT2D eigenvalue weighted by atomic mass is 127. The highest BCUT2D eigenvalue weighted by molar-refractivity contribution is 14.1. The summed E-state index contributed by atoms with van der Waals surface area (Å²) in [6, 6.07) is 5.99. The van der Waals surface area contributed by atoms with Crippen molar-refractivity contribution in [3.05, 3.63) is 44.4 Å². The van der Waals surface area contributed by atoms with Crippen molar-refractivity contribution < 1.29 is 9.13 Å². The van der Waals surface area contributed by atoms with Crippen LogP contribution >= 0.6 is 34.2 Å². The largest absolute Gasteiger partial charge is 0.482 e. The summed E-state index contributed by atoms with van der Waals surface area (Å²) in [5.74, 6) is 0.153. The van der Waals surface area contributed by atoms with Gasteiger partial charge in [0.25, 0.3) is 0 Å². The normalized spacial score (nSPS) is 12.2. The Balaban J connectivity index is 2.27. The summed E-state index contributed by atoms with van der Waals surface area (Å²) in [6.45, 7) is 1.80. The smallest absolute Gasteiger partial charge is 0.188 e. The first-order valence-electron chi connectivity index (χ1n) is 5.37. The highest BCUT2D eigenvalue weighted by Gasteiger charge is 2.14. The predicted octanol–water partition coefficient (Wildman–Crippen LogP) is 3.60. The van der Waals surface area contributed by atoms with Crippen molar-refractivity contribution in [2.24, 2.45) is 0 Å². The molecule has 19 heavy (non-hydrogen) atoms. The van der Waals surface area contributed by atoms with Gasteiger partial charge in [-0.15, -0.1) is 10.2 Å². The maximum Gasteiger partial charge on any atom is 0.188 e. The maximum absolute atomic E-state index is 13.3. The maximum atomic E-state index is 13.3. The Morgan fingerprint density at radius 2 is 2.11 bits per heavy atom. The zero-order valence-corrected chi connectivity index (χ0v) is 12.8. The van der Waals surface area contributed by atoms with Crippen LogP contribution in [0.15, 0.2) is 24.3 Å².